The lowest BCUT2D eigenvalue weighted by Gasteiger charge is -2.09. The molecule has 2 aromatic carbocycles. The quantitative estimate of drug-likeness (QED) is 0.825. The Kier molecular flexibility index (Phi) is 4.96. The van der Waals surface area contributed by atoms with Crippen LogP contribution >= 0.6 is 15.9 Å². The summed E-state index contributed by atoms with van der Waals surface area (Å²) in [6.45, 7) is 1.85. The van der Waals surface area contributed by atoms with Gasteiger partial charge in [0, 0.05) is 16.3 Å². The van der Waals surface area contributed by atoms with Crippen molar-refractivity contribution in [1.29, 1.82) is 0 Å². The van der Waals surface area contributed by atoms with Crippen molar-refractivity contribution in [2.24, 2.45) is 4.99 Å². The van der Waals surface area contributed by atoms with Crippen molar-refractivity contribution in [3.8, 4) is 11.5 Å². The number of aromatic hydroxyl groups is 1. The van der Waals surface area contributed by atoms with Crippen LogP contribution in [0.4, 0.5) is 4.39 Å². The third-order valence-electron chi connectivity index (χ3n) is 3.09. The molecule has 2 aromatic rings. The summed E-state index contributed by atoms with van der Waals surface area (Å²) in [6.07, 6.45) is 1.58. The minimum atomic E-state index is -0.414. The minimum Gasteiger partial charge on any atom is -0.507 e. The molecule has 110 valence electrons. The number of phenols is 1. The van der Waals surface area contributed by atoms with Crippen LogP contribution in [-0.2, 0) is 0 Å². The molecule has 5 heteroatoms. The summed E-state index contributed by atoms with van der Waals surface area (Å²) < 4.78 is 19.4. The molecule has 3 nitrogen and oxygen atoms in total. The van der Waals surface area contributed by atoms with Crippen molar-refractivity contribution in [2.45, 2.75) is 13.0 Å². The standard InChI is InChI=1S/C16H15BrFNO2/c1-10(11-3-6-16(21-2)14(18)8-11)19-9-12-7-13(17)4-5-15(12)20/h3-10,20H,1-2H3/t10-/m0/s1. The van der Waals surface area contributed by atoms with Gasteiger partial charge in [0.05, 0.1) is 13.2 Å². The molecule has 2 rings (SSSR count). The van der Waals surface area contributed by atoms with Gasteiger partial charge in [-0.1, -0.05) is 22.0 Å². The van der Waals surface area contributed by atoms with Gasteiger partial charge < -0.3 is 9.84 Å². The van der Waals surface area contributed by atoms with Crippen molar-refractivity contribution in [1.82, 2.24) is 0 Å². The molecule has 0 aliphatic carbocycles. The van der Waals surface area contributed by atoms with Gasteiger partial charge in [-0.05, 0) is 42.8 Å². The largest absolute Gasteiger partial charge is 0.507 e. The summed E-state index contributed by atoms with van der Waals surface area (Å²) in [6, 6.07) is 9.61. The van der Waals surface area contributed by atoms with E-state index in [1.807, 2.05) is 6.92 Å². The van der Waals surface area contributed by atoms with Gasteiger partial charge in [0.25, 0.3) is 0 Å². The molecule has 0 amide bonds. The number of phenolic OH excluding ortho intramolecular Hbond substituents is 1. The van der Waals surface area contributed by atoms with Gasteiger partial charge in [-0.2, -0.15) is 0 Å². The maximum absolute atomic E-state index is 13.7. The highest BCUT2D eigenvalue weighted by Gasteiger charge is 2.08. The van der Waals surface area contributed by atoms with Crippen LogP contribution in [-0.4, -0.2) is 18.4 Å². The van der Waals surface area contributed by atoms with Crippen molar-refractivity contribution >= 4 is 22.1 Å². The second-order valence-corrected chi connectivity index (χ2v) is 5.47. The summed E-state index contributed by atoms with van der Waals surface area (Å²) in [4.78, 5) is 4.35. The van der Waals surface area contributed by atoms with Crippen LogP contribution in [0.5, 0.6) is 11.5 Å². The van der Waals surface area contributed by atoms with E-state index in [4.69, 9.17) is 4.74 Å². The van der Waals surface area contributed by atoms with E-state index >= 15 is 0 Å². The molecule has 0 spiro atoms. The second-order valence-electron chi connectivity index (χ2n) is 4.55. The number of aliphatic imine (C=N–C) groups is 1. The molecule has 0 bridgehead atoms. The van der Waals surface area contributed by atoms with Gasteiger partial charge in [-0.15, -0.1) is 0 Å². The number of methoxy groups -OCH3 is 1. The van der Waals surface area contributed by atoms with Crippen LogP contribution in [0.15, 0.2) is 45.9 Å². The van der Waals surface area contributed by atoms with E-state index in [0.717, 1.165) is 10.0 Å². The van der Waals surface area contributed by atoms with Crippen LogP contribution in [0.25, 0.3) is 0 Å². The summed E-state index contributed by atoms with van der Waals surface area (Å²) in [5.74, 6) is -0.0584. The molecule has 0 heterocycles. The average molecular weight is 352 g/mol. The second kappa shape index (κ2) is 6.72. The number of rotatable bonds is 4. The smallest absolute Gasteiger partial charge is 0.165 e. The Bertz CT molecular complexity index is 673. The first-order valence-electron chi connectivity index (χ1n) is 6.36. The van der Waals surface area contributed by atoms with E-state index in [1.165, 1.54) is 13.2 Å². The lowest BCUT2D eigenvalue weighted by Crippen LogP contribution is -1.95. The first-order chi connectivity index (χ1) is 10.0. The van der Waals surface area contributed by atoms with Crippen LogP contribution in [0.2, 0.25) is 0 Å². The number of halogens is 2. The van der Waals surface area contributed by atoms with Crippen molar-refractivity contribution in [3.05, 3.63) is 57.8 Å². The molecule has 0 saturated carbocycles. The Morgan fingerprint density at radius 1 is 1.29 bits per heavy atom. The zero-order valence-electron chi connectivity index (χ0n) is 11.7. The fourth-order valence-corrected chi connectivity index (χ4v) is 2.23. The van der Waals surface area contributed by atoms with Crippen LogP contribution in [0.1, 0.15) is 24.1 Å². The Morgan fingerprint density at radius 3 is 2.71 bits per heavy atom. The van der Waals surface area contributed by atoms with Gasteiger partial charge in [0.2, 0.25) is 0 Å². The Hall–Kier alpha value is -1.88. The first kappa shape index (κ1) is 15.5. The lowest BCUT2D eigenvalue weighted by atomic mass is 10.1. The molecule has 0 fully saturated rings. The Balaban J connectivity index is 2.20. The summed E-state index contributed by atoms with van der Waals surface area (Å²) in [5.41, 5.74) is 1.34. The predicted molar refractivity (Wildman–Crippen MR) is 84.8 cm³/mol. The van der Waals surface area contributed by atoms with Gasteiger partial charge in [-0.3, -0.25) is 4.99 Å². The van der Waals surface area contributed by atoms with Crippen molar-refractivity contribution in [2.75, 3.05) is 7.11 Å². The van der Waals surface area contributed by atoms with E-state index in [2.05, 4.69) is 20.9 Å². The van der Waals surface area contributed by atoms with Gasteiger partial charge in [0.1, 0.15) is 5.75 Å². The molecule has 1 atom stereocenters. The maximum atomic E-state index is 13.7. The number of hydrogen-bond acceptors (Lipinski definition) is 3. The minimum absolute atomic E-state index is 0.148. The molecule has 0 saturated heterocycles. The zero-order chi connectivity index (χ0) is 15.4. The van der Waals surface area contributed by atoms with Gasteiger partial charge in [-0.25, -0.2) is 4.39 Å². The SMILES string of the molecule is COc1ccc([C@H](C)N=Cc2cc(Br)ccc2O)cc1F. The fourth-order valence-electron chi connectivity index (χ4n) is 1.85. The molecule has 0 radical (unpaired) electrons. The van der Waals surface area contributed by atoms with Crippen molar-refractivity contribution < 1.29 is 14.2 Å². The summed E-state index contributed by atoms with van der Waals surface area (Å²) >= 11 is 3.34. The maximum Gasteiger partial charge on any atom is 0.165 e. The van der Waals surface area contributed by atoms with Gasteiger partial charge in [0.15, 0.2) is 11.6 Å². The highest BCUT2D eigenvalue weighted by atomic mass is 79.9. The Morgan fingerprint density at radius 2 is 2.05 bits per heavy atom. The highest BCUT2D eigenvalue weighted by molar-refractivity contribution is 9.10. The van der Waals surface area contributed by atoms with Crippen LogP contribution in [0, 0.1) is 5.82 Å². The third kappa shape index (κ3) is 3.82. The van der Waals surface area contributed by atoms with E-state index in [1.54, 1.807) is 36.5 Å². The molecule has 0 aliphatic heterocycles. The molecule has 1 N–H and O–H groups in total. The molecule has 0 unspecified atom stereocenters. The molecular formula is C16H15BrFNO2. The van der Waals surface area contributed by atoms with E-state index in [0.29, 0.717) is 5.56 Å². The van der Waals surface area contributed by atoms with Crippen LogP contribution < -0.4 is 4.74 Å². The average Bonchev–Trinajstić information content (AvgIpc) is 2.47. The predicted octanol–water partition coefficient (Wildman–Crippen LogP) is 4.48. The lowest BCUT2D eigenvalue weighted by molar-refractivity contribution is 0.386. The number of hydrogen-bond donors (Lipinski definition) is 1. The Labute approximate surface area is 131 Å². The molecule has 0 aromatic heterocycles. The fraction of sp³-hybridized carbons (Fsp3) is 0.188. The summed E-state index contributed by atoms with van der Waals surface area (Å²) in [7, 11) is 1.43. The zero-order valence-corrected chi connectivity index (χ0v) is 13.3. The highest BCUT2D eigenvalue weighted by Crippen LogP contribution is 2.25. The van der Waals surface area contributed by atoms with Crippen molar-refractivity contribution in [3.63, 3.8) is 0 Å². The normalized spacial score (nSPS) is 12.6. The topological polar surface area (TPSA) is 41.8 Å². The number of nitrogens with zero attached hydrogens (tertiary/aromatic N) is 1. The first-order valence-corrected chi connectivity index (χ1v) is 7.15. The molecule has 21 heavy (non-hydrogen) atoms. The third-order valence-corrected chi connectivity index (χ3v) is 3.58. The molecular weight excluding hydrogens is 337 g/mol. The van der Waals surface area contributed by atoms with E-state index < -0.39 is 5.82 Å². The molecule has 0 aliphatic rings. The van der Waals surface area contributed by atoms with Crippen LogP contribution in [0.3, 0.4) is 0 Å². The number of ether oxygens (including phenoxy) is 1. The van der Waals surface area contributed by atoms with Gasteiger partial charge >= 0.3 is 0 Å². The van der Waals surface area contributed by atoms with E-state index in [9.17, 15) is 9.50 Å². The van der Waals surface area contributed by atoms with E-state index in [-0.39, 0.29) is 17.5 Å². The monoisotopic (exact) mass is 351 g/mol. The number of benzene rings is 2. The summed E-state index contributed by atoms with van der Waals surface area (Å²) in [5, 5.41) is 9.74.